The van der Waals surface area contributed by atoms with Crippen LogP contribution in [-0.4, -0.2) is 26.0 Å². The molecule has 2 heterocycles. The van der Waals surface area contributed by atoms with E-state index in [1.54, 1.807) is 6.33 Å². The molecule has 5 nitrogen and oxygen atoms in total. The highest BCUT2D eigenvalue weighted by Gasteiger charge is 2.23. The van der Waals surface area contributed by atoms with Gasteiger partial charge in [-0.15, -0.1) is 0 Å². The lowest BCUT2D eigenvalue weighted by molar-refractivity contribution is 0.406. The molecular weight excluding hydrogens is 262 g/mol. The molecule has 4 rings (SSSR count). The van der Waals surface area contributed by atoms with Crippen molar-refractivity contribution in [3.63, 3.8) is 0 Å². The number of nitrogens with zero attached hydrogens (tertiary/aromatic N) is 2. The number of hydrogen-bond donors (Lipinski definition) is 3. The number of aromatic amines is 2. The number of para-hydroxylation sites is 2. The van der Waals surface area contributed by atoms with Crippen molar-refractivity contribution in [2.75, 3.05) is 5.32 Å². The summed E-state index contributed by atoms with van der Waals surface area (Å²) in [6.45, 7) is 0. The molecule has 2 aromatic heterocycles. The standard InChI is InChI=1S/C16H19N5/c1-2-4-14-13(3-1)20-16(21-14)19-12-7-5-11(6-8-12)15-9-17-10-18-15/h1-4,9-12H,5-8H2,(H,17,18)(H2,19,20,21). The lowest BCUT2D eigenvalue weighted by Crippen LogP contribution is -2.26. The van der Waals surface area contributed by atoms with E-state index >= 15 is 0 Å². The Morgan fingerprint density at radius 1 is 1.10 bits per heavy atom. The highest BCUT2D eigenvalue weighted by atomic mass is 15.1. The monoisotopic (exact) mass is 281 g/mol. The largest absolute Gasteiger partial charge is 0.353 e. The number of anilines is 1. The number of hydrogen-bond acceptors (Lipinski definition) is 3. The molecule has 21 heavy (non-hydrogen) atoms. The molecule has 1 aliphatic carbocycles. The van der Waals surface area contributed by atoms with E-state index in [1.807, 2.05) is 24.4 Å². The van der Waals surface area contributed by atoms with Crippen molar-refractivity contribution in [3.05, 3.63) is 42.5 Å². The van der Waals surface area contributed by atoms with Gasteiger partial charge in [0.25, 0.3) is 0 Å². The van der Waals surface area contributed by atoms with Crippen LogP contribution in [0.2, 0.25) is 0 Å². The van der Waals surface area contributed by atoms with Gasteiger partial charge in [-0.1, -0.05) is 12.1 Å². The first-order valence-corrected chi connectivity index (χ1v) is 7.58. The summed E-state index contributed by atoms with van der Waals surface area (Å²) >= 11 is 0. The quantitative estimate of drug-likeness (QED) is 0.689. The lowest BCUT2D eigenvalue weighted by atomic mass is 9.84. The van der Waals surface area contributed by atoms with Gasteiger partial charge in [0.2, 0.25) is 5.95 Å². The predicted molar refractivity (Wildman–Crippen MR) is 83.3 cm³/mol. The van der Waals surface area contributed by atoms with Crippen molar-refractivity contribution in [1.82, 2.24) is 19.9 Å². The van der Waals surface area contributed by atoms with Gasteiger partial charge in [-0.25, -0.2) is 9.97 Å². The second-order valence-corrected chi connectivity index (χ2v) is 5.80. The Balaban J connectivity index is 1.40. The molecule has 0 radical (unpaired) electrons. The number of fused-ring (bicyclic) bond motifs is 1. The van der Waals surface area contributed by atoms with Crippen LogP contribution in [0.1, 0.15) is 37.3 Å². The third-order valence-electron chi connectivity index (χ3n) is 4.42. The van der Waals surface area contributed by atoms with Crippen LogP contribution in [0.4, 0.5) is 5.95 Å². The zero-order chi connectivity index (χ0) is 14.1. The Labute approximate surface area is 123 Å². The fraction of sp³-hybridized carbons (Fsp3) is 0.375. The first-order chi connectivity index (χ1) is 10.4. The van der Waals surface area contributed by atoms with E-state index in [0.29, 0.717) is 12.0 Å². The van der Waals surface area contributed by atoms with E-state index < -0.39 is 0 Å². The predicted octanol–water partition coefficient (Wildman–Crippen LogP) is 3.42. The molecular formula is C16H19N5. The summed E-state index contributed by atoms with van der Waals surface area (Å²) in [6.07, 6.45) is 8.45. The maximum atomic E-state index is 4.59. The first kappa shape index (κ1) is 12.4. The summed E-state index contributed by atoms with van der Waals surface area (Å²) in [5, 5.41) is 3.54. The number of aromatic nitrogens is 4. The molecule has 0 unspecified atom stereocenters. The van der Waals surface area contributed by atoms with Gasteiger partial charge in [0.15, 0.2) is 0 Å². The van der Waals surface area contributed by atoms with Gasteiger partial charge in [0.1, 0.15) is 0 Å². The Morgan fingerprint density at radius 2 is 1.95 bits per heavy atom. The highest BCUT2D eigenvalue weighted by Crippen LogP contribution is 2.32. The van der Waals surface area contributed by atoms with Crippen molar-refractivity contribution in [3.8, 4) is 0 Å². The normalized spacial score (nSPS) is 22.5. The van der Waals surface area contributed by atoms with Crippen molar-refractivity contribution >= 4 is 17.0 Å². The summed E-state index contributed by atoms with van der Waals surface area (Å²) in [6, 6.07) is 8.64. The van der Waals surface area contributed by atoms with Crippen LogP contribution in [0.15, 0.2) is 36.8 Å². The Morgan fingerprint density at radius 3 is 2.71 bits per heavy atom. The second kappa shape index (κ2) is 5.24. The third kappa shape index (κ3) is 2.51. The van der Waals surface area contributed by atoms with Gasteiger partial charge in [-0.05, 0) is 37.8 Å². The molecule has 0 amide bonds. The number of nitrogens with one attached hydrogen (secondary N) is 3. The summed E-state index contributed by atoms with van der Waals surface area (Å²) in [4.78, 5) is 15.3. The number of H-pyrrole nitrogens is 2. The zero-order valence-corrected chi connectivity index (χ0v) is 11.8. The minimum atomic E-state index is 0.504. The van der Waals surface area contributed by atoms with E-state index in [-0.39, 0.29) is 0 Å². The van der Waals surface area contributed by atoms with Gasteiger partial charge in [-0.2, -0.15) is 0 Å². The Kier molecular flexibility index (Phi) is 3.10. The lowest BCUT2D eigenvalue weighted by Gasteiger charge is -2.28. The molecule has 0 aliphatic heterocycles. The van der Waals surface area contributed by atoms with Crippen LogP contribution < -0.4 is 5.32 Å². The number of imidazole rings is 2. The average molecular weight is 281 g/mol. The van der Waals surface area contributed by atoms with Gasteiger partial charge >= 0.3 is 0 Å². The summed E-state index contributed by atoms with van der Waals surface area (Å²) in [5.74, 6) is 1.52. The van der Waals surface area contributed by atoms with E-state index in [9.17, 15) is 0 Å². The zero-order valence-electron chi connectivity index (χ0n) is 11.8. The van der Waals surface area contributed by atoms with Crippen LogP contribution in [0.25, 0.3) is 11.0 Å². The number of rotatable bonds is 3. The summed E-state index contributed by atoms with van der Waals surface area (Å²) in [5.41, 5.74) is 3.38. The van der Waals surface area contributed by atoms with E-state index in [1.165, 1.54) is 31.4 Å². The minimum absolute atomic E-state index is 0.504. The van der Waals surface area contributed by atoms with Gasteiger partial charge in [0.05, 0.1) is 17.4 Å². The summed E-state index contributed by atoms with van der Waals surface area (Å²) < 4.78 is 0. The molecule has 0 bridgehead atoms. The maximum Gasteiger partial charge on any atom is 0.201 e. The van der Waals surface area contributed by atoms with Gasteiger partial charge in [0, 0.05) is 23.9 Å². The molecule has 1 aromatic carbocycles. The van der Waals surface area contributed by atoms with Crippen LogP contribution in [0.3, 0.4) is 0 Å². The van der Waals surface area contributed by atoms with Crippen LogP contribution in [-0.2, 0) is 0 Å². The molecule has 1 aliphatic rings. The third-order valence-corrected chi connectivity index (χ3v) is 4.42. The van der Waals surface area contributed by atoms with Crippen LogP contribution >= 0.6 is 0 Å². The van der Waals surface area contributed by atoms with Crippen molar-refractivity contribution in [2.45, 2.75) is 37.6 Å². The van der Waals surface area contributed by atoms with Crippen LogP contribution in [0, 0.1) is 0 Å². The molecule has 0 spiro atoms. The van der Waals surface area contributed by atoms with E-state index in [4.69, 9.17) is 0 Å². The van der Waals surface area contributed by atoms with Crippen molar-refractivity contribution in [2.24, 2.45) is 0 Å². The molecule has 0 saturated heterocycles. The highest BCUT2D eigenvalue weighted by molar-refractivity contribution is 5.77. The van der Waals surface area contributed by atoms with Crippen molar-refractivity contribution < 1.29 is 0 Å². The molecule has 3 N–H and O–H groups in total. The second-order valence-electron chi connectivity index (χ2n) is 5.80. The van der Waals surface area contributed by atoms with Crippen LogP contribution in [0.5, 0.6) is 0 Å². The molecule has 5 heteroatoms. The molecule has 108 valence electrons. The first-order valence-electron chi connectivity index (χ1n) is 7.58. The topological polar surface area (TPSA) is 69.4 Å². The Hall–Kier alpha value is -2.30. The van der Waals surface area contributed by atoms with Crippen molar-refractivity contribution in [1.29, 1.82) is 0 Å². The molecule has 1 fully saturated rings. The van der Waals surface area contributed by atoms with E-state index in [0.717, 1.165) is 17.0 Å². The molecule has 0 atom stereocenters. The van der Waals surface area contributed by atoms with Gasteiger partial charge in [-0.3, -0.25) is 0 Å². The van der Waals surface area contributed by atoms with Gasteiger partial charge < -0.3 is 15.3 Å². The molecule has 1 saturated carbocycles. The average Bonchev–Trinajstić information content (AvgIpc) is 3.17. The number of benzene rings is 1. The fourth-order valence-electron chi connectivity index (χ4n) is 3.25. The SMILES string of the molecule is c1ccc2[nH]c(NC3CCC(c4cnc[nH]4)CC3)nc2c1. The van der Waals surface area contributed by atoms with E-state index in [2.05, 4.69) is 31.3 Å². The minimum Gasteiger partial charge on any atom is -0.353 e. The fourth-order valence-corrected chi connectivity index (χ4v) is 3.25. The maximum absolute atomic E-state index is 4.59. The molecule has 3 aromatic rings. The smallest absolute Gasteiger partial charge is 0.201 e. The summed E-state index contributed by atoms with van der Waals surface area (Å²) in [7, 11) is 0. The Bertz CT molecular complexity index is 674.